The summed E-state index contributed by atoms with van der Waals surface area (Å²) < 4.78 is 44.1. The van der Waals surface area contributed by atoms with Gasteiger partial charge in [0, 0.05) is 11.4 Å². The van der Waals surface area contributed by atoms with E-state index in [4.69, 9.17) is 16.3 Å². The number of ether oxygens (including phenoxy) is 1. The second-order valence-electron chi connectivity index (χ2n) is 4.52. The Bertz CT molecular complexity index is 768. The second-order valence-corrected chi connectivity index (χ2v) is 7.64. The van der Waals surface area contributed by atoms with Crippen molar-refractivity contribution < 1.29 is 17.5 Å². The summed E-state index contributed by atoms with van der Waals surface area (Å²) in [6.07, 6.45) is 0.440. The highest BCUT2D eigenvalue weighted by atomic mass is 35.5. The average Bonchev–Trinajstić information content (AvgIpc) is 2.93. The van der Waals surface area contributed by atoms with E-state index in [1.165, 1.54) is 6.07 Å². The third kappa shape index (κ3) is 4.84. The Morgan fingerprint density at radius 2 is 2.13 bits per heavy atom. The predicted molar refractivity (Wildman–Crippen MR) is 87.4 cm³/mol. The standard InChI is InChI=1S/C13H15ClFN3O3S2/c1-9-10(14)3-2-4-11(9)23(19,20)18-13-17-16-12(22-13)5-7-21-8-6-15/h2-4H,5-8H2,1H3,(H,17,18). The number of aromatic nitrogens is 2. The zero-order chi connectivity index (χ0) is 16.9. The summed E-state index contributed by atoms with van der Waals surface area (Å²) in [4.78, 5) is 0.0908. The molecule has 6 nitrogen and oxygen atoms in total. The van der Waals surface area contributed by atoms with E-state index in [9.17, 15) is 12.8 Å². The van der Waals surface area contributed by atoms with Crippen molar-refractivity contribution in [3.05, 3.63) is 33.8 Å². The summed E-state index contributed by atoms with van der Waals surface area (Å²) >= 11 is 7.05. The van der Waals surface area contributed by atoms with Crippen molar-refractivity contribution >= 4 is 38.1 Å². The van der Waals surface area contributed by atoms with Crippen LogP contribution in [0.5, 0.6) is 0 Å². The van der Waals surface area contributed by atoms with Crippen LogP contribution in [-0.4, -0.2) is 38.5 Å². The lowest BCUT2D eigenvalue weighted by Gasteiger charge is -2.08. The molecule has 126 valence electrons. The fourth-order valence-corrected chi connectivity index (χ4v) is 4.21. The maximum atomic E-state index is 12.4. The molecule has 10 heteroatoms. The number of hydrogen-bond donors (Lipinski definition) is 1. The number of nitrogens with zero attached hydrogens (tertiary/aromatic N) is 2. The van der Waals surface area contributed by atoms with Gasteiger partial charge in [0.1, 0.15) is 11.7 Å². The molecular weight excluding hydrogens is 365 g/mol. The number of alkyl halides is 1. The summed E-state index contributed by atoms with van der Waals surface area (Å²) in [7, 11) is -3.79. The van der Waals surface area contributed by atoms with Crippen LogP contribution in [0.1, 0.15) is 10.6 Å². The molecule has 23 heavy (non-hydrogen) atoms. The van der Waals surface area contributed by atoms with Crippen LogP contribution in [0.3, 0.4) is 0 Å². The lowest BCUT2D eigenvalue weighted by Crippen LogP contribution is -2.14. The molecule has 0 amide bonds. The molecule has 1 heterocycles. The summed E-state index contributed by atoms with van der Waals surface area (Å²) in [5, 5.41) is 8.80. The molecule has 0 spiro atoms. The van der Waals surface area contributed by atoms with Gasteiger partial charge < -0.3 is 4.74 Å². The van der Waals surface area contributed by atoms with Crippen molar-refractivity contribution in [2.45, 2.75) is 18.2 Å². The van der Waals surface area contributed by atoms with Gasteiger partial charge in [-0.1, -0.05) is 29.0 Å². The zero-order valence-corrected chi connectivity index (χ0v) is 14.6. The van der Waals surface area contributed by atoms with Crippen LogP contribution < -0.4 is 4.72 Å². The Hall–Kier alpha value is -1.29. The minimum absolute atomic E-state index is 0.0341. The van der Waals surface area contributed by atoms with E-state index < -0.39 is 16.7 Å². The quantitative estimate of drug-likeness (QED) is 0.713. The van der Waals surface area contributed by atoms with Crippen LogP contribution in [0.2, 0.25) is 5.02 Å². The number of hydrogen-bond acceptors (Lipinski definition) is 6. The fourth-order valence-electron chi connectivity index (χ4n) is 1.76. The van der Waals surface area contributed by atoms with E-state index in [1.807, 2.05) is 0 Å². The largest absolute Gasteiger partial charge is 0.378 e. The van der Waals surface area contributed by atoms with Gasteiger partial charge >= 0.3 is 0 Å². The smallest absolute Gasteiger partial charge is 0.264 e. The number of anilines is 1. The van der Waals surface area contributed by atoms with Gasteiger partial charge in [0.15, 0.2) is 0 Å². The first-order valence-electron chi connectivity index (χ1n) is 6.68. The van der Waals surface area contributed by atoms with E-state index in [0.29, 0.717) is 28.6 Å². The van der Waals surface area contributed by atoms with E-state index in [-0.39, 0.29) is 16.6 Å². The minimum atomic E-state index is -3.79. The third-order valence-electron chi connectivity index (χ3n) is 2.88. The number of sulfonamides is 1. The highest BCUT2D eigenvalue weighted by Gasteiger charge is 2.20. The third-order valence-corrected chi connectivity index (χ3v) is 5.80. The van der Waals surface area contributed by atoms with Crippen LogP contribution >= 0.6 is 22.9 Å². The second kappa shape index (κ2) is 8.00. The molecule has 0 bridgehead atoms. The minimum Gasteiger partial charge on any atom is -0.378 e. The number of halogens is 2. The topological polar surface area (TPSA) is 81.2 Å². The Labute approximate surface area is 142 Å². The molecule has 0 fully saturated rings. The summed E-state index contributed by atoms with van der Waals surface area (Å²) in [5.41, 5.74) is 0.464. The van der Waals surface area contributed by atoms with Gasteiger partial charge in [0.2, 0.25) is 5.13 Å². The van der Waals surface area contributed by atoms with Gasteiger partial charge in [-0.2, -0.15) is 0 Å². The van der Waals surface area contributed by atoms with Crippen molar-refractivity contribution in [1.29, 1.82) is 0 Å². The molecule has 0 saturated carbocycles. The van der Waals surface area contributed by atoms with Crippen molar-refractivity contribution in [1.82, 2.24) is 10.2 Å². The van der Waals surface area contributed by atoms with Crippen LogP contribution in [-0.2, 0) is 21.2 Å². The molecule has 1 aromatic carbocycles. The molecule has 0 aliphatic rings. The van der Waals surface area contributed by atoms with Gasteiger partial charge in [-0.15, -0.1) is 10.2 Å². The molecule has 2 rings (SSSR count). The van der Waals surface area contributed by atoms with Crippen LogP contribution in [0.15, 0.2) is 23.1 Å². The predicted octanol–water partition coefficient (Wildman–Crippen LogP) is 2.83. The van der Waals surface area contributed by atoms with E-state index >= 15 is 0 Å². The Balaban J connectivity index is 2.06. The average molecular weight is 380 g/mol. The van der Waals surface area contributed by atoms with E-state index in [0.717, 1.165) is 11.3 Å². The van der Waals surface area contributed by atoms with Crippen molar-refractivity contribution in [2.24, 2.45) is 0 Å². The molecule has 0 saturated heterocycles. The van der Waals surface area contributed by atoms with Crippen LogP contribution in [0, 0.1) is 6.92 Å². The van der Waals surface area contributed by atoms with Crippen molar-refractivity contribution in [3.63, 3.8) is 0 Å². The number of rotatable bonds is 8. The molecule has 2 aromatic rings. The lowest BCUT2D eigenvalue weighted by atomic mass is 10.2. The highest BCUT2D eigenvalue weighted by Crippen LogP contribution is 2.26. The first-order chi connectivity index (χ1) is 10.9. The summed E-state index contributed by atoms with van der Waals surface area (Å²) in [6.45, 7) is 1.43. The monoisotopic (exact) mass is 379 g/mol. The van der Waals surface area contributed by atoms with Gasteiger partial charge in [-0.3, -0.25) is 4.72 Å². The summed E-state index contributed by atoms with van der Waals surface area (Å²) in [6, 6.07) is 4.66. The van der Waals surface area contributed by atoms with Crippen molar-refractivity contribution in [2.75, 3.05) is 24.6 Å². The molecule has 0 atom stereocenters. The normalized spacial score (nSPS) is 11.6. The van der Waals surface area contributed by atoms with Gasteiger partial charge in [-0.05, 0) is 24.6 Å². The van der Waals surface area contributed by atoms with Crippen LogP contribution in [0.25, 0.3) is 0 Å². The highest BCUT2D eigenvalue weighted by molar-refractivity contribution is 7.93. The maximum absolute atomic E-state index is 12.4. The molecule has 1 aromatic heterocycles. The first-order valence-corrected chi connectivity index (χ1v) is 9.36. The fraction of sp³-hybridized carbons (Fsp3) is 0.385. The number of nitrogens with one attached hydrogen (secondary N) is 1. The summed E-state index contributed by atoms with van der Waals surface area (Å²) in [5.74, 6) is 0. The molecule has 1 N–H and O–H groups in total. The molecular formula is C13H15ClFN3O3S2. The zero-order valence-electron chi connectivity index (χ0n) is 12.3. The Morgan fingerprint density at radius 3 is 2.87 bits per heavy atom. The number of benzene rings is 1. The van der Waals surface area contributed by atoms with Crippen molar-refractivity contribution in [3.8, 4) is 0 Å². The van der Waals surface area contributed by atoms with Gasteiger partial charge in [0.25, 0.3) is 10.0 Å². The van der Waals surface area contributed by atoms with E-state index in [1.54, 1.807) is 19.1 Å². The maximum Gasteiger partial charge on any atom is 0.264 e. The molecule has 0 radical (unpaired) electrons. The van der Waals surface area contributed by atoms with Gasteiger partial charge in [0.05, 0.1) is 18.1 Å². The van der Waals surface area contributed by atoms with Crippen LogP contribution in [0.4, 0.5) is 9.52 Å². The molecule has 0 aliphatic carbocycles. The molecule has 0 unspecified atom stereocenters. The first kappa shape index (κ1) is 18.1. The lowest BCUT2D eigenvalue weighted by molar-refractivity contribution is 0.121. The SMILES string of the molecule is Cc1c(Cl)cccc1S(=O)(=O)Nc1nnc(CCOCCF)s1. The van der Waals surface area contributed by atoms with E-state index in [2.05, 4.69) is 14.9 Å². The Kier molecular flexibility index (Phi) is 6.28. The van der Waals surface area contributed by atoms with Gasteiger partial charge in [-0.25, -0.2) is 12.8 Å². The Morgan fingerprint density at radius 1 is 1.35 bits per heavy atom. The molecule has 0 aliphatic heterocycles.